The minimum Gasteiger partial charge on any atom is -0.375 e. The molecule has 1 heterocycles. The van der Waals surface area contributed by atoms with Crippen molar-refractivity contribution in [1.82, 2.24) is 10.6 Å². The molecule has 2 fully saturated rings. The van der Waals surface area contributed by atoms with Crippen LogP contribution in [-0.2, 0) is 9.53 Å². The number of hydrogen-bond acceptors (Lipinski definition) is 3. The molecule has 1 saturated heterocycles. The van der Waals surface area contributed by atoms with Gasteiger partial charge in [-0.2, -0.15) is 0 Å². The molecule has 0 spiro atoms. The zero-order chi connectivity index (χ0) is 11.4. The molecule has 4 nitrogen and oxygen atoms in total. The summed E-state index contributed by atoms with van der Waals surface area (Å²) in [5, 5.41) is 6.36. The van der Waals surface area contributed by atoms with Crippen molar-refractivity contribution in [1.29, 1.82) is 0 Å². The van der Waals surface area contributed by atoms with Crippen LogP contribution in [0, 0.1) is 0 Å². The lowest BCUT2D eigenvalue weighted by Gasteiger charge is -2.31. The van der Waals surface area contributed by atoms with E-state index in [-0.39, 0.29) is 30.5 Å². The molecule has 0 aromatic carbocycles. The van der Waals surface area contributed by atoms with Crippen LogP contribution in [0.15, 0.2) is 0 Å². The zero-order valence-electron chi connectivity index (χ0n) is 10.4. The van der Waals surface area contributed by atoms with E-state index in [0.717, 1.165) is 19.4 Å². The van der Waals surface area contributed by atoms with E-state index in [1.807, 2.05) is 6.92 Å². The minimum atomic E-state index is -0.171. The highest BCUT2D eigenvalue weighted by Gasteiger charge is 2.29. The predicted octanol–water partition coefficient (Wildman–Crippen LogP) is 1.23. The second kappa shape index (κ2) is 7.19. The van der Waals surface area contributed by atoms with Crippen LogP contribution in [0.1, 0.15) is 39.0 Å². The number of halogens is 1. The van der Waals surface area contributed by atoms with E-state index in [2.05, 4.69) is 10.6 Å². The fourth-order valence-corrected chi connectivity index (χ4v) is 2.57. The second-order valence-corrected chi connectivity index (χ2v) is 4.85. The summed E-state index contributed by atoms with van der Waals surface area (Å²) in [6, 6.07) is 0.216. The summed E-state index contributed by atoms with van der Waals surface area (Å²) < 4.78 is 5.48. The van der Waals surface area contributed by atoms with Gasteiger partial charge >= 0.3 is 0 Å². The quantitative estimate of drug-likeness (QED) is 0.787. The Hall–Kier alpha value is -0.320. The number of hydrogen-bond donors (Lipinski definition) is 2. The van der Waals surface area contributed by atoms with Gasteiger partial charge in [-0.15, -0.1) is 12.4 Å². The van der Waals surface area contributed by atoms with E-state index < -0.39 is 0 Å². The Morgan fingerprint density at radius 1 is 1.29 bits per heavy atom. The van der Waals surface area contributed by atoms with Gasteiger partial charge in [-0.3, -0.25) is 4.79 Å². The lowest BCUT2D eigenvalue weighted by molar-refractivity contribution is -0.129. The maximum atomic E-state index is 12.0. The molecular formula is C12H23ClN2O2. The van der Waals surface area contributed by atoms with Gasteiger partial charge in [-0.05, 0) is 19.8 Å². The molecular weight excluding hydrogens is 240 g/mol. The highest BCUT2D eigenvalue weighted by molar-refractivity contribution is 5.85. The van der Waals surface area contributed by atoms with Crippen molar-refractivity contribution < 1.29 is 9.53 Å². The van der Waals surface area contributed by atoms with Crippen molar-refractivity contribution in [2.75, 3.05) is 13.2 Å². The normalized spacial score (nSPS) is 30.4. The monoisotopic (exact) mass is 262 g/mol. The van der Waals surface area contributed by atoms with E-state index in [0.29, 0.717) is 12.6 Å². The van der Waals surface area contributed by atoms with Crippen LogP contribution in [0.25, 0.3) is 0 Å². The number of amides is 1. The topological polar surface area (TPSA) is 50.4 Å². The van der Waals surface area contributed by atoms with Gasteiger partial charge in [-0.1, -0.05) is 19.3 Å². The molecule has 5 heteroatoms. The van der Waals surface area contributed by atoms with Crippen molar-refractivity contribution in [3.8, 4) is 0 Å². The molecule has 1 aliphatic carbocycles. The van der Waals surface area contributed by atoms with Crippen LogP contribution in [0.2, 0.25) is 0 Å². The Balaban J connectivity index is 0.00000144. The van der Waals surface area contributed by atoms with Crippen molar-refractivity contribution in [2.45, 2.75) is 57.2 Å². The average molecular weight is 263 g/mol. The lowest BCUT2D eigenvalue weighted by atomic mass is 9.95. The molecule has 0 radical (unpaired) electrons. The first kappa shape index (κ1) is 14.7. The van der Waals surface area contributed by atoms with Gasteiger partial charge < -0.3 is 15.4 Å². The van der Waals surface area contributed by atoms with Crippen molar-refractivity contribution in [2.24, 2.45) is 0 Å². The van der Waals surface area contributed by atoms with E-state index in [1.165, 1.54) is 19.3 Å². The SMILES string of the molecule is C[C@H]1OCCN[C@@H]1C(=O)NC1CCCCC1.Cl. The minimum absolute atomic E-state index is 0. The molecule has 2 N–H and O–H groups in total. The first-order valence-electron chi connectivity index (χ1n) is 6.43. The third-order valence-electron chi connectivity index (χ3n) is 3.55. The Morgan fingerprint density at radius 3 is 2.65 bits per heavy atom. The smallest absolute Gasteiger partial charge is 0.240 e. The van der Waals surface area contributed by atoms with Gasteiger partial charge in [0.1, 0.15) is 6.04 Å². The van der Waals surface area contributed by atoms with Gasteiger partial charge in [0.05, 0.1) is 12.7 Å². The molecule has 0 unspecified atom stereocenters. The van der Waals surface area contributed by atoms with Crippen molar-refractivity contribution in [3.63, 3.8) is 0 Å². The molecule has 2 atom stereocenters. The molecule has 2 aliphatic rings. The molecule has 0 aromatic heterocycles. The highest BCUT2D eigenvalue weighted by atomic mass is 35.5. The number of carbonyl (C=O) groups is 1. The first-order valence-corrected chi connectivity index (χ1v) is 6.43. The van der Waals surface area contributed by atoms with Crippen LogP contribution in [-0.4, -0.2) is 37.2 Å². The van der Waals surface area contributed by atoms with Crippen LogP contribution >= 0.6 is 12.4 Å². The van der Waals surface area contributed by atoms with Gasteiger partial charge in [0.25, 0.3) is 0 Å². The molecule has 0 aromatic rings. The van der Waals surface area contributed by atoms with Crippen LogP contribution in [0.3, 0.4) is 0 Å². The third kappa shape index (κ3) is 4.12. The Labute approximate surface area is 109 Å². The maximum absolute atomic E-state index is 12.0. The molecule has 17 heavy (non-hydrogen) atoms. The standard InChI is InChI=1S/C12H22N2O2.ClH/c1-9-11(13-7-8-16-9)12(15)14-10-5-3-2-4-6-10;/h9-11,13H,2-8H2,1H3,(H,14,15);1H/t9-,11+;/m1./s1. The number of rotatable bonds is 2. The van der Waals surface area contributed by atoms with Crippen molar-refractivity contribution in [3.05, 3.63) is 0 Å². The van der Waals surface area contributed by atoms with E-state index in [1.54, 1.807) is 0 Å². The lowest BCUT2D eigenvalue weighted by Crippen LogP contribution is -2.57. The van der Waals surface area contributed by atoms with E-state index in [4.69, 9.17) is 4.74 Å². The summed E-state index contributed by atoms with van der Waals surface area (Å²) in [5.41, 5.74) is 0. The molecule has 1 aliphatic heterocycles. The molecule has 1 amide bonds. The maximum Gasteiger partial charge on any atom is 0.240 e. The number of nitrogens with one attached hydrogen (secondary N) is 2. The van der Waals surface area contributed by atoms with Crippen LogP contribution in [0.5, 0.6) is 0 Å². The fraction of sp³-hybridized carbons (Fsp3) is 0.917. The average Bonchev–Trinajstić information content (AvgIpc) is 2.31. The summed E-state index contributed by atoms with van der Waals surface area (Å²) in [7, 11) is 0. The number of carbonyl (C=O) groups excluding carboxylic acids is 1. The third-order valence-corrected chi connectivity index (χ3v) is 3.55. The van der Waals surface area contributed by atoms with Gasteiger partial charge in [-0.25, -0.2) is 0 Å². The highest BCUT2D eigenvalue weighted by Crippen LogP contribution is 2.17. The summed E-state index contributed by atoms with van der Waals surface area (Å²) >= 11 is 0. The molecule has 100 valence electrons. The summed E-state index contributed by atoms with van der Waals surface area (Å²) in [6.07, 6.45) is 6.05. The fourth-order valence-electron chi connectivity index (χ4n) is 2.57. The largest absolute Gasteiger partial charge is 0.375 e. The number of morpholine rings is 1. The number of ether oxygens (including phenoxy) is 1. The zero-order valence-corrected chi connectivity index (χ0v) is 11.2. The first-order chi connectivity index (χ1) is 7.77. The molecule has 0 bridgehead atoms. The van der Waals surface area contributed by atoms with Crippen LogP contribution in [0.4, 0.5) is 0 Å². The predicted molar refractivity (Wildman–Crippen MR) is 69.5 cm³/mol. The van der Waals surface area contributed by atoms with Crippen LogP contribution < -0.4 is 10.6 Å². The molecule has 1 saturated carbocycles. The Morgan fingerprint density at radius 2 is 2.00 bits per heavy atom. The van der Waals surface area contributed by atoms with Gasteiger partial charge in [0.15, 0.2) is 0 Å². The van der Waals surface area contributed by atoms with E-state index in [9.17, 15) is 4.79 Å². The van der Waals surface area contributed by atoms with Gasteiger partial charge in [0.2, 0.25) is 5.91 Å². The summed E-state index contributed by atoms with van der Waals surface area (Å²) in [4.78, 5) is 12.0. The Kier molecular flexibility index (Phi) is 6.23. The summed E-state index contributed by atoms with van der Waals surface area (Å²) in [6.45, 7) is 3.43. The van der Waals surface area contributed by atoms with E-state index >= 15 is 0 Å². The molecule has 2 rings (SSSR count). The summed E-state index contributed by atoms with van der Waals surface area (Å²) in [5.74, 6) is 0.110. The Bertz CT molecular complexity index is 245. The second-order valence-electron chi connectivity index (χ2n) is 4.85. The van der Waals surface area contributed by atoms with Gasteiger partial charge in [0, 0.05) is 12.6 Å². The van der Waals surface area contributed by atoms with Crippen molar-refractivity contribution >= 4 is 18.3 Å².